The standard InChI is InChI=1S/C20H18N2O6S/c1-24-12-7-8-13(17(9-12)25-2)14(23)11-29-20-22-21-19(28-20)18-10-26-15-5-3-4-6-16(15)27-18/h3-9,18H,10-11H2,1-2H3/t18-/m1/s1. The van der Waals surface area contributed by atoms with E-state index in [1.165, 1.54) is 7.11 Å². The van der Waals surface area contributed by atoms with Gasteiger partial charge in [-0.05, 0) is 24.3 Å². The molecule has 0 amide bonds. The summed E-state index contributed by atoms with van der Waals surface area (Å²) in [4.78, 5) is 12.6. The second-order valence-electron chi connectivity index (χ2n) is 6.05. The molecule has 0 saturated heterocycles. The van der Waals surface area contributed by atoms with Crippen LogP contribution in [0.4, 0.5) is 0 Å². The Hall–Kier alpha value is -3.20. The predicted molar refractivity (Wildman–Crippen MR) is 104 cm³/mol. The highest BCUT2D eigenvalue weighted by Gasteiger charge is 2.27. The third-order valence-electron chi connectivity index (χ3n) is 4.24. The van der Waals surface area contributed by atoms with E-state index in [0.29, 0.717) is 34.5 Å². The normalized spacial score (nSPS) is 15.0. The van der Waals surface area contributed by atoms with Crippen molar-refractivity contribution in [2.24, 2.45) is 0 Å². The Balaban J connectivity index is 1.39. The van der Waals surface area contributed by atoms with Gasteiger partial charge >= 0.3 is 0 Å². The smallest absolute Gasteiger partial charge is 0.277 e. The van der Waals surface area contributed by atoms with Gasteiger partial charge in [0, 0.05) is 6.07 Å². The van der Waals surface area contributed by atoms with Crippen molar-refractivity contribution in [1.29, 1.82) is 0 Å². The zero-order valence-corrected chi connectivity index (χ0v) is 16.6. The Bertz CT molecular complexity index is 1020. The van der Waals surface area contributed by atoms with E-state index in [0.717, 1.165) is 11.8 Å². The van der Waals surface area contributed by atoms with Crippen molar-refractivity contribution in [1.82, 2.24) is 10.2 Å². The number of nitrogens with zero attached hydrogens (tertiary/aromatic N) is 2. The summed E-state index contributed by atoms with van der Waals surface area (Å²) in [6.07, 6.45) is -0.496. The van der Waals surface area contributed by atoms with Crippen molar-refractivity contribution in [2.75, 3.05) is 26.6 Å². The van der Waals surface area contributed by atoms with Gasteiger partial charge in [0.05, 0.1) is 25.5 Å². The molecule has 9 heteroatoms. The van der Waals surface area contributed by atoms with E-state index in [1.54, 1.807) is 25.3 Å². The van der Waals surface area contributed by atoms with E-state index in [1.807, 2.05) is 24.3 Å². The summed E-state index contributed by atoms with van der Waals surface area (Å²) in [5.74, 6) is 2.66. The van der Waals surface area contributed by atoms with E-state index in [-0.39, 0.29) is 23.4 Å². The van der Waals surface area contributed by atoms with Gasteiger partial charge < -0.3 is 23.4 Å². The van der Waals surface area contributed by atoms with Gasteiger partial charge in [0.1, 0.15) is 18.1 Å². The minimum atomic E-state index is -0.496. The molecule has 8 nitrogen and oxygen atoms in total. The van der Waals surface area contributed by atoms with Crippen molar-refractivity contribution < 1.29 is 28.2 Å². The number of Topliss-reactive ketones (excluding diaryl/α,β-unsaturated/α-hetero) is 1. The second kappa shape index (κ2) is 8.44. The number of para-hydroxylation sites is 2. The minimum absolute atomic E-state index is 0.120. The van der Waals surface area contributed by atoms with Gasteiger partial charge in [0.25, 0.3) is 11.1 Å². The largest absolute Gasteiger partial charge is 0.497 e. The number of carbonyl (C=O) groups is 1. The first kappa shape index (κ1) is 19.1. The Kier molecular flexibility index (Phi) is 5.57. The van der Waals surface area contributed by atoms with Gasteiger partial charge in [0.15, 0.2) is 17.3 Å². The Morgan fingerprint density at radius 3 is 2.76 bits per heavy atom. The molecule has 2 aromatic carbocycles. The number of ketones is 1. The third kappa shape index (κ3) is 4.14. The van der Waals surface area contributed by atoms with Crippen molar-refractivity contribution in [3.05, 3.63) is 53.9 Å². The van der Waals surface area contributed by atoms with Gasteiger partial charge in [-0.2, -0.15) is 0 Å². The van der Waals surface area contributed by atoms with Crippen LogP contribution < -0.4 is 18.9 Å². The van der Waals surface area contributed by atoms with Crippen molar-refractivity contribution in [2.45, 2.75) is 11.3 Å². The molecule has 0 radical (unpaired) electrons. The highest BCUT2D eigenvalue weighted by Crippen LogP contribution is 2.36. The number of benzene rings is 2. The lowest BCUT2D eigenvalue weighted by atomic mass is 10.1. The molecule has 0 spiro atoms. The van der Waals surface area contributed by atoms with Crippen molar-refractivity contribution >= 4 is 17.5 Å². The van der Waals surface area contributed by atoms with Crippen LogP contribution in [0.2, 0.25) is 0 Å². The lowest BCUT2D eigenvalue weighted by Gasteiger charge is -2.23. The molecule has 1 atom stereocenters. The van der Waals surface area contributed by atoms with Crippen LogP contribution in [0.1, 0.15) is 22.4 Å². The first-order chi connectivity index (χ1) is 14.2. The number of hydrogen-bond donors (Lipinski definition) is 0. The van der Waals surface area contributed by atoms with Crippen LogP contribution in [-0.2, 0) is 0 Å². The maximum Gasteiger partial charge on any atom is 0.277 e. The molecule has 1 aromatic heterocycles. The molecule has 1 aliphatic heterocycles. The average molecular weight is 414 g/mol. The molecule has 150 valence electrons. The lowest BCUT2D eigenvalue weighted by Crippen LogP contribution is -2.21. The van der Waals surface area contributed by atoms with E-state index >= 15 is 0 Å². The monoisotopic (exact) mass is 414 g/mol. The first-order valence-electron chi connectivity index (χ1n) is 8.78. The number of thioether (sulfide) groups is 1. The number of aromatic nitrogens is 2. The van der Waals surface area contributed by atoms with Gasteiger partial charge in [0.2, 0.25) is 6.10 Å². The van der Waals surface area contributed by atoms with Crippen LogP contribution in [0.5, 0.6) is 23.0 Å². The van der Waals surface area contributed by atoms with Crippen LogP contribution >= 0.6 is 11.8 Å². The number of rotatable bonds is 7. The second-order valence-corrected chi connectivity index (χ2v) is 6.98. The molecule has 0 fully saturated rings. The van der Waals surface area contributed by atoms with Crippen LogP contribution in [0.25, 0.3) is 0 Å². The summed E-state index contributed by atoms with van der Waals surface area (Å²) in [6, 6.07) is 12.4. The summed E-state index contributed by atoms with van der Waals surface area (Å²) < 4.78 is 27.6. The molecule has 3 aromatic rings. The maximum absolute atomic E-state index is 12.6. The van der Waals surface area contributed by atoms with E-state index in [2.05, 4.69) is 10.2 Å². The molecule has 29 heavy (non-hydrogen) atoms. The summed E-state index contributed by atoms with van der Waals surface area (Å²) in [7, 11) is 3.06. The predicted octanol–water partition coefficient (Wildman–Crippen LogP) is 3.57. The molecule has 1 aliphatic rings. The van der Waals surface area contributed by atoms with E-state index in [9.17, 15) is 4.79 Å². The quantitative estimate of drug-likeness (QED) is 0.425. The summed E-state index contributed by atoms with van der Waals surface area (Å²) in [5.41, 5.74) is 0.459. The lowest BCUT2D eigenvalue weighted by molar-refractivity contribution is 0.0686. The first-order valence-corrected chi connectivity index (χ1v) is 9.76. The molecule has 4 rings (SSSR count). The molecule has 0 bridgehead atoms. The number of fused-ring (bicyclic) bond motifs is 1. The topological polar surface area (TPSA) is 92.9 Å². The van der Waals surface area contributed by atoms with Crippen molar-refractivity contribution in [3.8, 4) is 23.0 Å². The number of methoxy groups -OCH3 is 2. The highest BCUT2D eigenvalue weighted by atomic mass is 32.2. The zero-order valence-electron chi connectivity index (χ0n) is 15.8. The SMILES string of the molecule is COc1ccc(C(=O)CSc2nnc([C@H]3COc4ccccc4O3)o2)c(OC)c1. The van der Waals surface area contributed by atoms with Crippen LogP contribution in [0.15, 0.2) is 52.1 Å². The van der Waals surface area contributed by atoms with Gasteiger partial charge in [-0.3, -0.25) is 4.79 Å². The molecule has 2 heterocycles. The fourth-order valence-corrected chi connectivity index (χ4v) is 3.44. The number of ether oxygens (including phenoxy) is 4. The van der Waals surface area contributed by atoms with Gasteiger partial charge in [-0.25, -0.2) is 0 Å². The number of carbonyl (C=O) groups excluding carboxylic acids is 1. The Labute approximate surface area is 171 Å². The molecule has 0 unspecified atom stereocenters. The van der Waals surface area contributed by atoms with Crippen LogP contribution in [0.3, 0.4) is 0 Å². The van der Waals surface area contributed by atoms with Crippen molar-refractivity contribution in [3.63, 3.8) is 0 Å². The molecule has 0 saturated carbocycles. The number of hydrogen-bond acceptors (Lipinski definition) is 9. The van der Waals surface area contributed by atoms with Gasteiger partial charge in [-0.1, -0.05) is 23.9 Å². The Morgan fingerprint density at radius 2 is 1.97 bits per heavy atom. The van der Waals surface area contributed by atoms with E-state index in [4.69, 9.17) is 23.4 Å². The molecule has 0 N–H and O–H groups in total. The fourth-order valence-electron chi connectivity index (χ4n) is 2.78. The summed E-state index contributed by atoms with van der Waals surface area (Å²) >= 11 is 1.15. The average Bonchev–Trinajstić information content (AvgIpc) is 3.25. The molecular weight excluding hydrogens is 396 g/mol. The van der Waals surface area contributed by atoms with Gasteiger partial charge in [-0.15, -0.1) is 10.2 Å². The maximum atomic E-state index is 12.6. The zero-order chi connectivity index (χ0) is 20.2. The Morgan fingerprint density at radius 1 is 1.14 bits per heavy atom. The van der Waals surface area contributed by atoms with Crippen LogP contribution in [-0.4, -0.2) is 42.6 Å². The molecular formula is C20H18N2O6S. The fraction of sp³-hybridized carbons (Fsp3) is 0.250. The minimum Gasteiger partial charge on any atom is -0.497 e. The summed E-state index contributed by atoms with van der Waals surface area (Å²) in [6.45, 7) is 0.269. The van der Waals surface area contributed by atoms with Crippen LogP contribution in [0, 0.1) is 0 Å². The highest BCUT2D eigenvalue weighted by molar-refractivity contribution is 7.99. The third-order valence-corrected chi connectivity index (χ3v) is 5.06. The van der Waals surface area contributed by atoms with E-state index < -0.39 is 6.10 Å². The molecule has 0 aliphatic carbocycles. The summed E-state index contributed by atoms with van der Waals surface area (Å²) in [5, 5.41) is 8.30.